The van der Waals surface area contributed by atoms with Crippen LogP contribution in [0.1, 0.15) is 26.7 Å². The molecule has 1 nitrogen and oxygen atoms in total. The van der Waals surface area contributed by atoms with Crippen molar-refractivity contribution in [2.75, 3.05) is 13.7 Å². The largest absolute Gasteiger partial charge is 0.385 e. The number of rotatable bonds is 6. The third-order valence-corrected chi connectivity index (χ3v) is 2.93. The highest BCUT2D eigenvalue weighted by Gasteiger charge is 2.00. The second kappa shape index (κ2) is 8.71. The van der Waals surface area contributed by atoms with Gasteiger partial charge in [-0.25, -0.2) is 0 Å². The highest BCUT2D eigenvalue weighted by Crippen LogP contribution is 2.18. The van der Waals surface area contributed by atoms with E-state index in [2.05, 4.69) is 62.5 Å². The smallest absolute Gasteiger partial charge is 0.0465 e. The number of allylic oxidation sites excluding steroid dienone is 10. The van der Waals surface area contributed by atoms with Crippen LogP contribution in [-0.2, 0) is 4.74 Å². The van der Waals surface area contributed by atoms with E-state index in [0.29, 0.717) is 5.92 Å². The fourth-order valence-corrected chi connectivity index (χ4v) is 1.82. The fraction of sp³-hybridized carbons (Fsp3) is 0.412. The Morgan fingerprint density at radius 3 is 2.94 bits per heavy atom. The minimum Gasteiger partial charge on any atom is -0.385 e. The number of hydrogen-bond donors (Lipinski definition) is 0. The molecule has 0 bridgehead atoms. The zero-order valence-corrected chi connectivity index (χ0v) is 11.7. The van der Waals surface area contributed by atoms with E-state index < -0.39 is 0 Å². The van der Waals surface area contributed by atoms with Crippen LogP contribution in [0.25, 0.3) is 0 Å². The lowest BCUT2D eigenvalue weighted by Crippen LogP contribution is -1.87. The van der Waals surface area contributed by atoms with Crippen LogP contribution >= 0.6 is 0 Å². The Kier molecular flexibility index (Phi) is 7.12. The van der Waals surface area contributed by atoms with E-state index >= 15 is 0 Å². The van der Waals surface area contributed by atoms with Gasteiger partial charge in [-0.2, -0.15) is 0 Å². The Morgan fingerprint density at radius 2 is 2.22 bits per heavy atom. The van der Waals surface area contributed by atoms with Crippen LogP contribution < -0.4 is 0 Å². The quantitative estimate of drug-likeness (QED) is 0.490. The van der Waals surface area contributed by atoms with Gasteiger partial charge in [-0.1, -0.05) is 55.5 Å². The van der Waals surface area contributed by atoms with Gasteiger partial charge in [0.15, 0.2) is 0 Å². The molecule has 1 rings (SSSR count). The van der Waals surface area contributed by atoms with Gasteiger partial charge >= 0.3 is 0 Å². The summed E-state index contributed by atoms with van der Waals surface area (Å²) in [5.74, 6) is 0.516. The van der Waals surface area contributed by atoms with E-state index in [0.717, 1.165) is 19.4 Å². The molecule has 98 valence electrons. The first kappa shape index (κ1) is 14.7. The van der Waals surface area contributed by atoms with Crippen LogP contribution in [0.2, 0.25) is 0 Å². The van der Waals surface area contributed by atoms with Crippen molar-refractivity contribution in [2.45, 2.75) is 26.7 Å². The van der Waals surface area contributed by atoms with Crippen LogP contribution in [0, 0.1) is 5.92 Å². The van der Waals surface area contributed by atoms with Gasteiger partial charge in [0.2, 0.25) is 0 Å². The minimum atomic E-state index is 0.516. The van der Waals surface area contributed by atoms with Crippen molar-refractivity contribution >= 4 is 0 Å². The Labute approximate surface area is 111 Å². The summed E-state index contributed by atoms with van der Waals surface area (Å²) in [7, 11) is 1.75. The lowest BCUT2D eigenvalue weighted by molar-refractivity contribution is 0.196. The molecule has 0 radical (unpaired) electrons. The lowest BCUT2D eigenvalue weighted by atomic mass is 10.0. The van der Waals surface area contributed by atoms with Crippen LogP contribution in [-0.4, -0.2) is 13.7 Å². The molecule has 0 aliphatic heterocycles. The Balaban J connectivity index is 2.59. The summed E-state index contributed by atoms with van der Waals surface area (Å²) >= 11 is 0. The normalized spacial score (nSPS) is 20.3. The third kappa shape index (κ3) is 5.33. The Hall–Kier alpha value is -1.34. The summed E-state index contributed by atoms with van der Waals surface area (Å²) in [6, 6.07) is 0. The standard InChI is InChI=1S/C17H24O/c1-4-16(10-6-5-7-14-18-3)17-11-8-9-15(2)12-13-17/h4,6,8-13,15H,5,7,14H2,1-3H3/b10-6-,16-4+. The molecule has 0 saturated carbocycles. The monoisotopic (exact) mass is 244 g/mol. The van der Waals surface area contributed by atoms with E-state index in [1.54, 1.807) is 7.11 Å². The molecule has 1 heteroatoms. The summed E-state index contributed by atoms with van der Waals surface area (Å²) in [5, 5.41) is 0. The van der Waals surface area contributed by atoms with Crippen molar-refractivity contribution in [3.05, 3.63) is 59.8 Å². The third-order valence-electron chi connectivity index (χ3n) is 2.93. The van der Waals surface area contributed by atoms with Gasteiger partial charge in [-0.3, -0.25) is 0 Å². The molecule has 1 aliphatic rings. The summed E-state index contributed by atoms with van der Waals surface area (Å²) < 4.78 is 5.04. The number of unbranched alkanes of at least 4 members (excludes halogenated alkanes) is 1. The SMILES string of the molecule is C/C=C(\C=C/CCCOC)C1=CC=CC(C)C=C1. The molecule has 1 atom stereocenters. The average molecular weight is 244 g/mol. The van der Waals surface area contributed by atoms with E-state index in [-0.39, 0.29) is 0 Å². The molecule has 0 aromatic heterocycles. The molecule has 0 amide bonds. The maximum atomic E-state index is 5.04. The molecule has 0 spiro atoms. The van der Waals surface area contributed by atoms with Gasteiger partial charge in [0.1, 0.15) is 0 Å². The van der Waals surface area contributed by atoms with Crippen molar-refractivity contribution in [3.63, 3.8) is 0 Å². The lowest BCUT2D eigenvalue weighted by Gasteiger charge is -2.02. The number of methoxy groups -OCH3 is 1. The van der Waals surface area contributed by atoms with Gasteiger partial charge < -0.3 is 4.74 Å². The maximum absolute atomic E-state index is 5.04. The van der Waals surface area contributed by atoms with Gasteiger partial charge in [0.25, 0.3) is 0 Å². The van der Waals surface area contributed by atoms with Crippen molar-refractivity contribution in [3.8, 4) is 0 Å². The summed E-state index contributed by atoms with van der Waals surface area (Å²) in [6.45, 7) is 5.11. The second-order valence-corrected chi connectivity index (χ2v) is 4.51. The predicted molar refractivity (Wildman–Crippen MR) is 79.5 cm³/mol. The van der Waals surface area contributed by atoms with Crippen molar-refractivity contribution in [2.24, 2.45) is 5.92 Å². The average Bonchev–Trinajstić information content (AvgIpc) is 2.59. The molecule has 0 N–H and O–H groups in total. The van der Waals surface area contributed by atoms with Crippen LogP contribution in [0.3, 0.4) is 0 Å². The first-order chi connectivity index (χ1) is 8.77. The highest BCUT2D eigenvalue weighted by atomic mass is 16.5. The van der Waals surface area contributed by atoms with Crippen molar-refractivity contribution in [1.82, 2.24) is 0 Å². The van der Waals surface area contributed by atoms with Gasteiger partial charge in [0.05, 0.1) is 0 Å². The zero-order valence-electron chi connectivity index (χ0n) is 11.7. The summed E-state index contributed by atoms with van der Waals surface area (Å²) in [6.07, 6.45) is 19.7. The zero-order chi connectivity index (χ0) is 13.2. The van der Waals surface area contributed by atoms with E-state index in [9.17, 15) is 0 Å². The molecule has 0 heterocycles. The molecule has 1 unspecified atom stereocenters. The van der Waals surface area contributed by atoms with E-state index in [1.165, 1.54) is 11.1 Å². The minimum absolute atomic E-state index is 0.516. The highest BCUT2D eigenvalue weighted by molar-refractivity contribution is 5.48. The molecular weight excluding hydrogens is 220 g/mol. The van der Waals surface area contributed by atoms with Gasteiger partial charge in [0, 0.05) is 13.7 Å². The van der Waals surface area contributed by atoms with Gasteiger partial charge in [-0.15, -0.1) is 0 Å². The topological polar surface area (TPSA) is 9.23 Å². The maximum Gasteiger partial charge on any atom is 0.0465 e. The fourth-order valence-electron chi connectivity index (χ4n) is 1.82. The molecule has 18 heavy (non-hydrogen) atoms. The number of hydrogen-bond acceptors (Lipinski definition) is 1. The van der Waals surface area contributed by atoms with E-state index in [1.807, 2.05) is 0 Å². The second-order valence-electron chi connectivity index (χ2n) is 4.51. The molecule has 0 aromatic carbocycles. The molecular formula is C17H24O. The van der Waals surface area contributed by atoms with Crippen LogP contribution in [0.5, 0.6) is 0 Å². The van der Waals surface area contributed by atoms with E-state index in [4.69, 9.17) is 4.74 Å². The first-order valence-electron chi connectivity index (χ1n) is 6.66. The van der Waals surface area contributed by atoms with Crippen LogP contribution in [0.15, 0.2) is 59.8 Å². The Morgan fingerprint density at radius 1 is 1.39 bits per heavy atom. The van der Waals surface area contributed by atoms with Crippen LogP contribution in [0.4, 0.5) is 0 Å². The van der Waals surface area contributed by atoms with Gasteiger partial charge in [-0.05, 0) is 36.8 Å². The molecule has 0 aromatic rings. The predicted octanol–water partition coefficient (Wildman–Crippen LogP) is 4.60. The number of ether oxygens (including phenoxy) is 1. The summed E-state index contributed by atoms with van der Waals surface area (Å²) in [5.41, 5.74) is 2.56. The molecule has 1 aliphatic carbocycles. The Bertz CT molecular complexity index is 380. The first-order valence-corrected chi connectivity index (χ1v) is 6.66. The molecule has 0 saturated heterocycles. The van der Waals surface area contributed by atoms with Crippen molar-refractivity contribution in [1.29, 1.82) is 0 Å². The van der Waals surface area contributed by atoms with Crippen molar-refractivity contribution < 1.29 is 4.74 Å². The summed E-state index contributed by atoms with van der Waals surface area (Å²) in [4.78, 5) is 0. The molecule has 0 fully saturated rings.